The van der Waals surface area contributed by atoms with Crippen LogP contribution in [0.2, 0.25) is 0 Å². The molecule has 6 aromatic rings. The van der Waals surface area contributed by atoms with Crippen molar-refractivity contribution in [1.82, 2.24) is 9.97 Å². The number of hydrogen-bond acceptors (Lipinski definition) is 2. The zero-order valence-corrected chi connectivity index (χ0v) is 21.6. The Morgan fingerprint density at radius 3 is 1.30 bits per heavy atom. The van der Waals surface area contributed by atoms with Gasteiger partial charge in [0.15, 0.2) is 0 Å². The van der Waals surface area contributed by atoms with E-state index in [-0.39, 0.29) is 11.6 Å². The molecule has 0 N–H and O–H groups in total. The molecule has 2 nitrogen and oxygen atoms in total. The Balaban J connectivity index is 1.43. The average Bonchev–Trinajstić information content (AvgIpc) is 2.99. The molecule has 0 atom stereocenters. The molecule has 40 heavy (non-hydrogen) atoms. The van der Waals surface area contributed by atoms with Crippen molar-refractivity contribution in [3.63, 3.8) is 0 Å². The van der Waals surface area contributed by atoms with Crippen LogP contribution in [0.5, 0.6) is 0 Å². The van der Waals surface area contributed by atoms with Gasteiger partial charge >= 0.3 is 0 Å². The topological polar surface area (TPSA) is 25.8 Å². The van der Waals surface area contributed by atoms with Crippen LogP contribution in [-0.2, 0) is 12.8 Å². The Kier molecular flexibility index (Phi) is 6.01. The van der Waals surface area contributed by atoms with Crippen molar-refractivity contribution >= 4 is 46.1 Å². The molecule has 0 spiro atoms. The van der Waals surface area contributed by atoms with E-state index in [1.807, 2.05) is 48.6 Å². The summed E-state index contributed by atoms with van der Waals surface area (Å²) < 4.78 is 27.0. The average molecular weight is 523 g/mol. The number of aromatic nitrogens is 2. The van der Waals surface area contributed by atoms with Crippen molar-refractivity contribution in [3.05, 3.63) is 142 Å². The monoisotopic (exact) mass is 522 g/mol. The third-order valence-electron chi connectivity index (χ3n) is 7.55. The Labute approximate surface area is 231 Å². The highest BCUT2D eigenvalue weighted by Gasteiger charge is 2.25. The van der Waals surface area contributed by atoms with E-state index in [2.05, 4.69) is 24.3 Å². The summed E-state index contributed by atoms with van der Waals surface area (Å²) in [7, 11) is 0. The third kappa shape index (κ3) is 4.38. The van der Waals surface area contributed by atoms with Crippen molar-refractivity contribution < 1.29 is 8.78 Å². The minimum absolute atomic E-state index is 0.247. The molecule has 0 saturated carbocycles. The summed E-state index contributed by atoms with van der Waals surface area (Å²) in [5.41, 5.74) is 10.1. The summed E-state index contributed by atoms with van der Waals surface area (Å²) in [5.74, 6) is -0.494. The smallest absolute Gasteiger partial charge is 0.123 e. The van der Waals surface area contributed by atoms with Crippen LogP contribution in [0.3, 0.4) is 0 Å². The second kappa shape index (κ2) is 9.97. The van der Waals surface area contributed by atoms with E-state index < -0.39 is 0 Å². The van der Waals surface area contributed by atoms with E-state index in [0.717, 1.165) is 68.3 Å². The van der Waals surface area contributed by atoms with Gasteiger partial charge in [-0.25, -0.2) is 18.7 Å². The number of halogens is 2. The summed E-state index contributed by atoms with van der Waals surface area (Å²) in [6, 6.07) is 29.4. The number of para-hydroxylation sites is 2. The lowest BCUT2D eigenvalue weighted by atomic mass is 9.84. The highest BCUT2D eigenvalue weighted by molar-refractivity contribution is 5.99. The fourth-order valence-electron chi connectivity index (χ4n) is 5.59. The number of nitrogens with zero attached hydrogens (tertiary/aromatic N) is 2. The quantitative estimate of drug-likeness (QED) is 0.231. The Morgan fingerprint density at radius 2 is 0.875 bits per heavy atom. The molecule has 2 heterocycles. The lowest BCUT2D eigenvalue weighted by molar-refractivity contribution is 0.627. The molecule has 4 heteroatoms. The molecule has 0 saturated heterocycles. The van der Waals surface area contributed by atoms with E-state index in [1.54, 1.807) is 24.3 Å². The molecule has 7 rings (SSSR count). The Morgan fingerprint density at radius 1 is 0.475 bits per heavy atom. The zero-order valence-electron chi connectivity index (χ0n) is 21.6. The van der Waals surface area contributed by atoms with Crippen molar-refractivity contribution in [2.75, 3.05) is 0 Å². The van der Waals surface area contributed by atoms with Gasteiger partial charge < -0.3 is 0 Å². The van der Waals surface area contributed by atoms with Crippen molar-refractivity contribution in [1.29, 1.82) is 0 Å². The molecule has 192 valence electrons. The number of fused-ring (bicyclic) bond motifs is 5. The van der Waals surface area contributed by atoms with E-state index in [4.69, 9.17) is 9.97 Å². The van der Waals surface area contributed by atoms with Crippen molar-refractivity contribution in [2.45, 2.75) is 12.8 Å². The van der Waals surface area contributed by atoms with E-state index in [0.29, 0.717) is 0 Å². The number of pyridine rings is 2. The maximum atomic E-state index is 13.5. The van der Waals surface area contributed by atoms with E-state index >= 15 is 0 Å². The lowest BCUT2D eigenvalue weighted by Crippen LogP contribution is -2.12. The van der Waals surface area contributed by atoms with Gasteiger partial charge in [-0.15, -0.1) is 0 Å². The van der Waals surface area contributed by atoms with Crippen molar-refractivity contribution in [2.24, 2.45) is 0 Å². The van der Waals surface area contributed by atoms with Gasteiger partial charge in [0.25, 0.3) is 0 Å². The second-order valence-corrected chi connectivity index (χ2v) is 10.0. The maximum Gasteiger partial charge on any atom is 0.123 e. The van der Waals surface area contributed by atoms with Gasteiger partial charge in [0.2, 0.25) is 0 Å². The van der Waals surface area contributed by atoms with Gasteiger partial charge in [0, 0.05) is 10.8 Å². The van der Waals surface area contributed by atoms with Crippen LogP contribution < -0.4 is 0 Å². The number of hydrogen-bond donors (Lipinski definition) is 0. The van der Waals surface area contributed by atoms with E-state index in [1.165, 1.54) is 35.4 Å². The van der Waals surface area contributed by atoms with E-state index in [9.17, 15) is 8.78 Å². The summed E-state index contributed by atoms with van der Waals surface area (Å²) in [4.78, 5) is 10.3. The first-order chi connectivity index (χ1) is 19.6. The van der Waals surface area contributed by atoms with Gasteiger partial charge in [0.1, 0.15) is 11.6 Å². The van der Waals surface area contributed by atoms with Gasteiger partial charge in [-0.1, -0.05) is 85.0 Å². The predicted molar refractivity (Wildman–Crippen MR) is 161 cm³/mol. The Hall–Kier alpha value is -4.96. The summed E-state index contributed by atoms with van der Waals surface area (Å²) >= 11 is 0. The first-order valence-electron chi connectivity index (χ1n) is 13.3. The van der Waals surface area contributed by atoms with Gasteiger partial charge in [-0.2, -0.15) is 0 Å². The number of rotatable bonds is 4. The molecule has 0 amide bonds. The SMILES string of the molecule is Fc1ccc(C=Cc2c3c(nc4ccccc24)-c2nc4ccccc4c(C=Cc4ccc(F)cc4)c2CC3)cc1. The van der Waals surface area contributed by atoms with Crippen LogP contribution in [-0.4, -0.2) is 9.97 Å². The minimum atomic E-state index is -0.247. The molecular weight excluding hydrogens is 498 g/mol. The fourth-order valence-corrected chi connectivity index (χ4v) is 5.59. The molecular formula is C36H24F2N2. The molecule has 0 unspecified atom stereocenters. The van der Waals surface area contributed by atoms with Crippen LogP contribution >= 0.6 is 0 Å². The van der Waals surface area contributed by atoms with Crippen LogP contribution in [0.25, 0.3) is 57.5 Å². The van der Waals surface area contributed by atoms with Gasteiger partial charge in [-0.05, 0) is 82.6 Å². The molecule has 0 radical (unpaired) electrons. The minimum Gasteiger partial charge on any atom is -0.246 e. The Bertz CT molecular complexity index is 1810. The van der Waals surface area contributed by atoms with Crippen LogP contribution in [0.4, 0.5) is 8.78 Å². The zero-order chi connectivity index (χ0) is 27.1. The molecule has 4 aromatic carbocycles. The maximum absolute atomic E-state index is 13.5. The fraction of sp³-hybridized carbons (Fsp3) is 0.0556. The largest absolute Gasteiger partial charge is 0.246 e. The standard InChI is InChI=1S/C36H24F2N2/c37-25-15-9-23(10-16-25)13-19-27-29-5-1-3-7-33(29)39-35-31(27)21-22-32-28(20-14-24-11-17-26(38)18-12-24)30-6-2-4-8-34(30)40-36(32)35/h1-20H,21-22H2. The third-order valence-corrected chi connectivity index (χ3v) is 7.55. The normalized spacial score (nSPS) is 12.8. The summed E-state index contributed by atoms with van der Waals surface area (Å²) in [6.45, 7) is 0. The van der Waals surface area contributed by atoms with Crippen LogP contribution in [0.15, 0.2) is 97.1 Å². The van der Waals surface area contributed by atoms with Gasteiger partial charge in [0.05, 0.1) is 22.4 Å². The first kappa shape index (κ1) is 24.1. The van der Waals surface area contributed by atoms with Gasteiger partial charge in [-0.3, -0.25) is 0 Å². The molecule has 1 aliphatic rings. The van der Waals surface area contributed by atoms with Crippen molar-refractivity contribution in [3.8, 4) is 11.4 Å². The molecule has 0 fully saturated rings. The summed E-state index contributed by atoms with van der Waals surface area (Å²) in [5, 5.41) is 2.17. The second-order valence-electron chi connectivity index (χ2n) is 10.0. The van der Waals surface area contributed by atoms with Crippen LogP contribution in [0.1, 0.15) is 33.4 Å². The first-order valence-corrected chi connectivity index (χ1v) is 13.3. The molecule has 1 aliphatic carbocycles. The predicted octanol–water partition coefficient (Wildman–Crippen LogP) is 9.17. The summed E-state index contributed by atoms with van der Waals surface area (Å²) in [6.07, 6.45) is 9.94. The van der Waals surface area contributed by atoms with Crippen LogP contribution in [0, 0.1) is 11.6 Å². The molecule has 0 aliphatic heterocycles. The highest BCUT2D eigenvalue weighted by Crippen LogP contribution is 2.40. The number of benzene rings is 4. The highest BCUT2D eigenvalue weighted by atomic mass is 19.1. The molecule has 2 aromatic heterocycles. The molecule has 0 bridgehead atoms. The lowest BCUT2D eigenvalue weighted by Gasteiger charge is -2.24.